The van der Waals surface area contributed by atoms with Crippen LogP contribution in [0.4, 0.5) is 0 Å². The summed E-state index contributed by atoms with van der Waals surface area (Å²) >= 11 is 0. The fourth-order valence-electron chi connectivity index (χ4n) is 3.07. The Hall–Kier alpha value is -1.87. The third-order valence-corrected chi connectivity index (χ3v) is 4.08. The van der Waals surface area contributed by atoms with Gasteiger partial charge in [0.2, 0.25) is 5.91 Å². The van der Waals surface area contributed by atoms with Crippen LogP contribution in [0.1, 0.15) is 18.9 Å². The number of hydrogen-bond acceptors (Lipinski definition) is 2. The highest BCUT2D eigenvalue weighted by Gasteiger charge is 2.32. The fourth-order valence-corrected chi connectivity index (χ4v) is 3.07. The molecule has 1 unspecified atom stereocenters. The van der Waals surface area contributed by atoms with Crippen molar-refractivity contribution in [1.82, 2.24) is 9.80 Å². The average Bonchev–Trinajstić information content (AvgIpc) is 2.48. The SMILES string of the molecule is CC(=O)N1CCN(Cc2ccccc2)C2CC=CC=C21. The van der Waals surface area contributed by atoms with Crippen LogP contribution in [0.15, 0.2) is 54.3 Å². The first-order valence-electron chi connectivity index (χ1n) is 7.18. The molecule has 3 heteroatoms. The molecule has 1 fully saturated rings. The van der Waals surface area contributed by atoms with E-state index in [-0.39, 0.29) is 5.91 Å². The van der Waals surface area contributed by atoms with E-state index in [9.17, 15) is 4.79 Å². The van der Waals surface area contributed by atoms with Crippen molar-refractivity contribution >= 4 is 5.91 Å². The zero-order valence-corrected chi connectivity index (χ0v) is 11.8. The molecule has 0 saturated carbocycles. The predicted octanol–water partition coefficient (Wildman–Crippen LogP) is 2.56. The summed E-state index contributed by atoms with van der Waals surface area (Å²) in [7, 11) is 0. The molecule has 3 rings (SSSR count). The number of piperazine rings is 1. The molecule has 0 N–H and O–H groups in total. The van der Waals surface area contributed by atoms with Gasteiger partial charge in [0.25, 0.3) is 0 Å². The number of amides is 1. The van der Waals surface area contributed by atoms with Crippen molar-refractivity contribution in [3.63, 3.8) is 0 Å². The van der Waals surface area contributed by atoms with E-state index in [0.717, 1.165) is 31.8 Å². The summed E-state index contributed by atoms with van der Waals surface area (Å²) in [6.45, 7) is 4.33. The molecular weight excluding hydrogens is 248 g/mol. The quantitative estimate of drug-likeness (QED) is 0.823. The molecule has 0 aromatic heterocycles. The third kappa shape index (κ3) is 2.54. The van der Waals surface area contributed by atoms with Gasteiger partial charge in [-0.1, -0.05) is 42.5 Å². The van der Waals surface area contributed by atoms with Crippen molar-refractivity contribution < 1.29 is 4.79 Å². The second-order valence-corrected chi connectivity index (χ2v) is 5.40. The maximum absolute atomic E-state index is 11.8. The van der Waals surface area contributed by atoms with Gasteiger partial charge in [0.05, 0.1) is 6.04 Å². The van der Waals surface area contributed by atoms with Crippen LogP contribution in [0.25, 0.3) is 0 Å². The molecule has 20 heavy (non-hydrogen) atoms. The summed E-state index contributed by atoms with van der Waals surface area (Å²) in [5.74, 6) is 0.149. The molecule has 1 atom stereocenters. The van der Waals surface area contributed by atoms with Gasteiger partial charge >= 0.3 is 0 Å². The van der Waals surface area contributed by atoms with Gasteiger partial charge in [-0.2, -0.15) is 0 Å². The van der Waals surface area contributed by atoms with Gasteiger partial charge in [0.1, 0.15) is 0 Å². The van der Waals surface area contributed by atoms with E-state index in [1.807, 2.05) is 11.0 Å². The molecule has 3 nitrogen and oxygen atoms in total. The Morgan fingerprint density at radius 3 is 2.80 bits per heavy atom. The number of allylic oxidation sites excluding steroid dienone is 2. The lowest BCUT2D eigenvalue weighted by molar-refractivity contribution is -0.129. The van der Waals surface area contributed by atoms with Crippen LogP contribution in [0, 0.1) is 0 Å². The van der Waals surface area contributed by atoms with Crippen molar-refractivity contribution in [2.24, 2.45) is 0 Å². The summed E-state index contributed by atoms with van der Waals surface area (Å²) in [5.41, 5.74) is 2.49. The summed E-state index contributed by atoms with van der Waals surface area (Å²) < 4.78 is 0. The van der Waals surface area contributed by atoms with E-state index in [4.69, 9.17) is 0 Å². The molecule has 104 valence electrons. The number of carbonyl (C=O) groups is 1. The minimum atomic E-state index is 0.149. The first-order valence-corrected chi connectivity index (χ1v) is 7.18. The van der Waals surface area contributed by atoms with Crippen LogP contribution in [-0.2, 0) is 11.3 Å². The second kappa shape index (κ2) is 5.63. The minimum absolute atomic E-state index is 0.149. The molecular formula is C17H20N2O. The number of carbonyl (C=O) groups excluding carboxylic acids is 1. The van der Waals surface area contributed by atoms with E-state index in [2.05, 4.69) is 47.4 Å². The Morgan fingerprint density at radius 2 is 2.05 bits per heavy atom. The zero-order chi connectivity index (χ0) is 13.9. The third-order valence-electron chi connectivity index (χ3n) is 4.08. The predicted molar refractivity (Wildman–Crippen MR) is 79.9 cm³/mol. The van der Waals surface area contributed by atoms with Crippen LogP contribution in [0.2, 0.25) is 0 Å². The summed E-state index contributed by atoms with van der Waals surface area (Å²) in [5, 5.41) is 0. The number of rotatable bonds is 2. The number of nitrogens with zero attached hydrogens (tertiary/aromatic N) is 2. The lowest BCUT2D eigenvalue weighted by Gasteiger charge is -2.44. The highest BCUT2D eigenvalue weighted by molar-refractivity contribution is 5.76. The van der Waals surface area contributed by atoms with Crippen LogP contribution in [-0.4, -0.2) is 34.8 Å². The Morgan fingerprint density at radius 1 is 1.25 bits per heavy atom. The Balaban J connectivity index is 1.80. The molecule has 0 bridgehead atoms. The van der Waals surface area contributed by atoms with Crippen LogP contribution in [0.3, 0.4) is 0 Å². The van der Waals surface area contributed by atoms with Crippen LogP contribution in [0.5, 0.6) is 0 Å². The average molecular weight is 268 g/mol. The smallest absolute Gasteiger partial charge is 0.223 e. The van der Waals surface area contributed by atoms with Crippen molar-refractivity contribution in [2.45, 2.75) is 25.9 Å². The van der Waals surface area contributed by atoms with Crippen molar-refractivity contribution in [3.05, 3.63) is 59.8 Å². The normalized spacial score (nSPS) is 22.4. The molecule has 1 aromatic rings. The van der Waals surface area contributed by atoms with Crippen molar-refractivity contribution in [3.8, 4) is 0 Å². The molecule has 1 aliphatic carbocycles. The molecule has 1 saturated heterocycles. The number of fused-ring (bicyclic) bond motifs is 1. The second-order valence-electron chi connectivity index (χ2n) is 5.40. The zero-order valence-electron chi connectivity index (χ0n) is 11.8. The van der Waals surface area contributed by atoms with Gasteiger partial charge in [-0.3, -0.25) is 9.69 Å². The van der Waals surface area contributed by atoms with Gasteiger partial charge in [-0.15, -0.1) is 0 Å². The highest BCUT2D eigenvalue weighted by Crippen LogP contribution is 2.28. The lowest BCUT2D eigenvalue weighted by atomic mass is 9.98. The molecule has 0 radical (unpaired) electrons. The summed E-state index contributed by atoms with van der Waals surface area (Å²) in [4.78, 5) is 16.2. The first-order chi connectivity index (χ1) is 9.75. The van der Waals surface area contributed by atoms with Gasteiger partial charge in [0.15, 0.2) is 0 Å². The summed E-state index contributed by atoms with van der Waals surface area (Å²) in [6.07, 6.45) is 7.33. The first kappa shape index (κ1) is 13.1. The Bertz CT molecular complexity index is 547. The monoisotopic (exact) mass is 268 g/mol. The molecule has 1 aromatic carbocycles. The minimum Gasteiger partial charge on any atom is -0.314 e. The number of benzene rings is 1. The van der Waals surface area contributed by atoms with Gasteiger partial charge < -0.3 is 4.90 Å². The van der Waals surface area contributed by atoms with Crippen LogP contribution < -0.4 is 0 Å². The van der Waals surface area contributed by atoms with E-state index in [1.54, 1.807) is 6.92 Å². The molecule has 2 aliphatic rings. The van der Waals surface area contributed by atoms with Gasteiger partial charge in [-0.05, 0) is 18.1 Å². The van der Waals surface area contributed by atoms with Crippen molar-refractivity contribution in [2.75, 3.05) is 13.1 Å². The van der Waals surface area contributed by atoms with E-state index in [1.165, 1.54) is 5.56 Å². The fraction of sp³-hybridized carbons (Fsp3) is 0.353. The van der Waals surface area contributed by atoms with E-state index >= 15 is 0 Å². The van der Waals surface area contributed by atoms with Crippen LogP contribution >= 0.6 is 0 Å². The molecule has 1 aliphatic heterocycles. The standard InChI is InChI=1S/C17H20N2O/c1-14(20)19-12-11-18(13-15-7-3-2-4-8-15)16-9-5-6-10-17(16)19/h2-8,10,16H,9,11-13H2,1H3. The van der Waals surface area contributed by atoms with Gasteiger partial charge in [0, 0.05) is 32.3 Å². The lowest BCUT2D eigenvalue weighted by Crippen LogP contribution is -2.52. The molecule has 0 spiro atoms. The van der Waals surface area contributed by atoms with E-state index in [0.29, 0.717) is 6.04 Å². The van der Waals surface area contributed by atoms with Gasteiger partial charge in [-0.25, -0.2) is 0 Å². The largest absolute Gasteiger partial charge is 0.314 e. The Labute approximate surface area is 120 Å². The van der Waals surface area contributed by atoms with E-state index < -0.39 is 0 Å². The maximum atomic E-state index is 11.8. The highest BCUT2D eigenvalue weighted by atomic mass is 16.2. The Kier molecular flexibility index (Phi) is 3.70. The maximum Gasteiger partial charge on any atom is 0.223 e. The number of hydrogen-bond donors (Lipinski definition) is 0. The van der Waals surface area contributed by atoms with Crippen molar-refractivity contribution in [1.29, 1.82) is 0 Å². The summed E-state index contributed by atoms with van der Waals surface area (Å²) in [6, 6.07) is 10.9. The molecule has 1 heterocycles. The molecule has 1 amide bonds. The topological polar surface area (TPSA) is 23.6 Å².